The first-order chi connectivity index (χ1) is 9.23. The third kappa shape index (κ3) is 3.12. The van der Waals surface area contributed by atoms with Gasteiger partial charge in [-0.2, -0.15) is 0 Å². The summed E-state index contributed by atoms with van der Waals surface area (Å²) < 4.78 is 22.6. The lowest BCUT2D eigenvalue weighted by Gasteiger charge is -2.30. The average molecular weight is 304 g/mol. The van der Waals surface area contributed by atoms with E-state index < -0.39 is 21.3 Å². The number of carbonyl (C=O) groups is 2. The number of amides is 1. The Bertz CT molecular complexity index is 518. The molecule has 2 unspecified atom stereocenters. The number of hydrogen-bond acceptors (Lipinski definition) is 5. The summed E-state index contributed by atoms with van der Waals surface area (Å²) in [5.41, 5.74) is -1.00. The summed E-state index contributed by atoms with van der Waals surface area (Å²) in [4.78, 5) is 24.9. The molecule has 0 aliphatic carbocycles. The van der Waals surface area contributed by atoms with Crippen LogP contribution >= 0.6 is 0 Å². The van der Waals surface area contributed by atoms with Gasteiger partial charge in [-0.05, 0) is 32.7 Å². The minimum absolute atomic E-state index is 0.000647. The number of sulfone groups is 1. The van der Waals surface area contributed by atoms with E-state index in [2.05, 4.69) is 5.32 Å². The van der Waals surface area contributed by atoms with Crippen molar-refractivity contribution >= 4 is 21.7 Å². The normalized spacial score (nSPS) is 33.1. The third-order valence-corrected chi connectivity index (χ3v) is 5.95. The van der Waals surface area contributed by atoms with Crippen LogP contribution in [0.3, 0.4) is 0 Å². The zero-order chi connectivity index (χ0) is 15.0. The van der Waals surface area contributed by atoms with Gasteiger partial charge in [0.15, 0.2) is 9.84 Å². The molecule has 20 heavy (non-hydrogen) atoms. The molecule has 0 aromatic carbocycles. The van der Waals surface area contributed by atoms with Gasteiger partial charge in [-0.15, -0.1) is 0 Å². The first kappa shape index (κ1) is 15.2. The van der Waals surface area contributed by atoms with Crippen molar-refractivity contribution in [1.29, 1.82) is 0 Å². The summed E-state index contributed by atoms with van der Waals surface area (Å²) in [7, 11) is -3.03. The zero-order valence-corrected chi connectivity index (χ0v) is 12.3. The smallest absolute Gasteiger partial charge is 0.323 e. The quantitative estimate of drug-likeness (QED) is 0.707. The van der Waals surface area contributed by atoms with Crippen LogP contribution in [0.5, 0.6) is 0 Å². The first-order valence-electron chi connectivity index (χ1n) is 6.71. The maximum Gasteiger partial charge on any atom is 0.323 e. The van der Waals surface area contributed by atoms with E-state index >= 15 is 0 Å². The van der Waals surface area contributed by atoms with E-state index in [9.17, 15) is 23.1 Å². The molecule has 2 saturated heterocycles. The topological polar surface area (TPSA) is 104 Å². The van der Waals surface area contributed by atoms with E-state index in [4.69, 9.17) is 0 Å². The molecule has 0 radical (unpaired) electrons. The molecule has 2 heterocycles. The lowest BCUT2D eigenvalue weighted by Crippen LogP contribution is -2.52. The first-order valence-corrected chi connectivity index (χ1v) is 8.53. The van der Waals surface area contributed by atoms with Crippen LogP contribution in [0, 0.1) is 0 Å². The van der Waals surface area contributed by atoms with Gasteiger partial charge >= 0.3 is 5.97 Å². The molecule has 0 aromatic heterocycles. The number of carbonyl (C=O) groups excluding carboxylic acids is 1. The van der Waals surface area contributed by atoms with Crippen LogP contribution in [0.2, 0.25) is 0 Å². The van der Waals surface area contributed by atoms with Gasteiger partial charge < -0.3 is 10.4 Å². The highest BCUT2D eigenvalue weighted by molar-refractivity contribution is 7.91. The molecule has 2 fully saturated rings. The van der Waals surface area contributed by atoms with Crippen molar-refractivity contribution < 1.29 is 23.1 Å². The number of aliphatic carboxylic acids is 1. The molecule has 0 aromatic rings. The highest BCUT2D eigenvalue weighted by atomic mass is 32.2. The molecule has 2 N–H and O–H groups in total. The second-order valence-corrected chi connectivity index (χ2v) is 8.00. The third-order valence-electron chi connectivity index (χ3n) is 4.18. The van der Waals surface area contributed by atoms with Crippen LogP contribution in [0.25, 0.3) is 0 Å². The van der Waals surface area contributed by atoms with Crippen LogP contribution in [0.4, 0.5) is 0 Å². The molecule has 0 bridgehead atoms. The van der Waals surface area contributed by atoms with Crippen molar-refractivity contribution in [2.45, 2.75) is 37.8 Å². The van der Waals surface area contributed by atoms with Crippen LogP contribution in [0.15, 0.2) is 0 Å². The second-order valence-electron chi connectivity index (χ2n) is 5.77. The summed E-state index contributed by atoms with van der Waals surface area (Å²) in [6.45, 7) is 2.19. The summed E-state index contributed by atoms with van der Waals surface area (Å²) in [5.74, 6) is -1.14. The number of nitrogens with one attached hydrogen (secondary N) is 1. The largest absolute Gasteiger partial charge is 0.480 e. The number of hydrogen-bond donors (Lipinski definition) is 2. The molecule has 0 saturated carbocycles. The number of rotatable bonds is 4. The monoisotopic (exact) mass is 304 g/mol. The standard InChI is InChI=1S/C12H20N2O5S/c1-12(11(16)17)4-2-5-14(12)7-10(15)13-9-3-6-20(18,19)8-9/h9H,2-8H2,1H3,(H,13,15)(H,16,17). The fraction of sp³-hybridized carbons (Fsp3) is 0.833. The van der Waals surface area contributed by atoms with Gasteiger partial charge in [0.25, 0.3) is 0 Å². The zero-order valence-electron chi connectivity index (χ0n) is 11.5. The van der Waals surface area contributed by atoms with Crippen molar-refractivity contribution in [3.63, 3.8) is 0 Å². The minimum Gasteiger partial charge on any atom is -0.480 e. The van der Waals surface area contributed by atoms with Gasteiger partial charge in [0.1, 0.15) is 5.54 Å². The number of nitrogens with zero attached hydrogens (tertiary/aromatic N) is 1. The van der Waals surface area contributed by atoms with E-state index in [-0.39, 0.29) is 30.0 Å². The van der Waals surface area contributed by atoms with Crippen molar-refractivity contribution in [3.05, 3.63) is 0 Å². The van der Waals surface area contributed by atoms with Crippen LogP contribution in [-0.2, 0) is 19.4 Å². The van der Waals surface area contributed by atoms with Crippen molar-refractivity contribution in [1.82, 2.24) is 10.2 Å². The highest BCUT2D eigenvalue weighted by Crippen LogP contribution is 2.28. The van der Waals surface area contributed by atoms with Crippen molar-refractivity contribution in [2.24, 2.45) is 0 Å². The van der Waals surface area contributed by atoms with E-state index in [0.29, 0.717) is 19.4 Å². The maximum absolute atomic E-state index is 11.9. The van der Waals surface area contributed by atoms with E-state index in [1.807, 2.05) is 0 Å². The number of carboxylic acid groups (broad SMARTS) is 1. The molecule has 0 spiro atoms. The van der Waals surface area contributed by atoms with E-state index in [1.165, 1.54) is 0 Å². The Hall–Kier alpha value is -1.15. The Morgan fingerprint density at radius 1 is 1.45 bits per heavy atom. The molecule has 2 rings (SSSR count). The summed E-state index contributed by atoms with van der Waals surface area (Å²) >= 11 is 0. The summed E-state index contributed by atoms with van der Waals surface area (Å²) in [6, 6.07) is -0.341. The van der Waals surface area contributed by atoms with E-state index in [0.717, 1.165) is 6.42 Å². The van der Waals surface area contributed by atoms with Crippen LogP contribution < -0.4 is 5.32 Å². The Balaban J connectivity index is 1.90. The lowest BCUT2D eigenvalue weighted by atomic mass is 9.99. The predicted octanol–water partition coefficient (Wildman–Crippen LogP) is -0.771. The van der Waals surface area contributed by atoms with Crippen LogP contribution in [-0.4, -0.2) is 66.5 Å². The fourth-order valence-corrected chi connectivity index (χ4v) is 4.54. The number of likely N-dealkylation sites (tertiary alicyclic amines) is 1. The fourth-order valence-electron chi connectivity index (χ4n) is 2.87. The van der Waals surface area contributed by atoms with Gasteiger partial charge in [-0.25, -0.2) is 8.42 Å². The van der Waals surface area contributed by atoms with Crippen LogP contribution in [0.1, 0.15) is 26.2 Å². The molecular formula is C12H20N2O5S. The van der Waals surface area contributed by atoms with Crippen molar-refractivity contribution in [2.75, 3.05) is 24.6 Å². The number of carboxylic acids is 1. The predicted molar refractivity (Wildman–Crippen MR) is 72.0 cm³/mol. The molecule has 7 nitrogen and oxygen atoms in total. The Labute approximate surface area is 118 Å². The lowest BCUT2D eigenvalue weighted by molar-refractivity contribution is -0.149. The Kier molecular flexibility index (Phi) is 4.06. The highest BCUT2D eigenvalue weighted by Gasteiger charge is 2.44. The molecule has 2 atom stereocenters. The Morgan fingerprint density at radius 3 is 2.70 bits per heavy atom. The van der Waals surface area contributed by atoms with Crippen molar-refractivity contribution in [3.8, 4) is 0 Å². The average Bonchev–Trinajstić information content (AvgIpc) is 2.84. The van der Waals surface area contributed by atoms with Gasteiger partial charge in [-0.1, -0.05) is 0 Å². The molecule has 2 aliphatic rings. The van der Waals surface area contributed by atoms with E-state index in [1.54, 1.807) is 11.8 Å². The molecule has 8 heteroatoms. The maximum atomic E-state index is 11.9. The van der Waals surface area contributed by atoms with Gasteiger partial charge in [-0.3, -0.25) is 14.5 Å². The molecule has 2 aliphatic heterocycles. The van der Waals surface area contributed by atoms with Gasteiger partial charge in [0.2, 0.25) is 5.91 Å². The summed E-state index contributed by atoms with van der Waals surface area (Å²) in [5, 5.41) is 11.9. The molecule has 114 valence electrons. The van der Waals surface area contributed by atoms with Gasteiger partial charge in [0.05, 0.1) is 18.1 Å². The minimum atomic E-state index is -3.03. The molecule has 1 amide bonds. The SMILES string of the molecule is CC1(C(=O)O)CCCN1CC(=O)NC1CCS(=O)(=O)C1. The molecular weight excluding hydrogens is 284 g/mol. The summed E-state index contributed by atoms with van der Waals surface area (Å²) in [6.07, 6.45) is 1.70. The Morgan fingerprint density at radius 2 is 2.15 bits per heavy atom. The van der Waals surface area contributed by atoms with Gasteiger partial charge in [0, 0.05) is 6.04 Å². The second kappa shape index (κ2) is 5.33.